The van der Waals surface area contributed by atoms with Crippen molar-refractivity contribution in [3.63, 3.8) is 0 Å². The molecule has 1 aromatic heterocycles. The maximum absolute atomic E-state index is 13.0. The average molecular weight is 346 g/mol. The number of rotatable bonds is 2. The number of nitrogens with one attached hydrogen (secondary N) is 1. The number of esters is 1. The lowest BCUT2D eigenvalue weighted by Gasteiger charge is -2.35. The molecular formula is C18H22N2O3S. The van der Waals surface area contributed by atoms with E-state index in [0.29, 0.717) is 33.1 Å². The number of fused-ring (bicyclic) bond motifs is 1. The molecule has 2 aromatic rings. The lowest BCUT2D eigenvalue weighted by molar-refractivity contribution is 0.0601. The molecule has 3 atom stereocenters. The molecule has 1 aliphatic carbocycles. The third kappa shape index (κ3) is 2.79. The molecule has 0 radical (unpaired) electrons. The Morgan fingerprint density at radius 1 is 1.33 bits per heavy atom. The SMILES string of the molecule is COC(=O)c1ccc2c(=O)n([C@@H]3CCC[C@@H](C)[C@H]3C)c(=S)[nH]c2c1. The van der Waals surface area contributed by atoms with Crippen molar-refractivity contribution in [3.05, 3.63) is 38.9 Å². The Kier molecular flexibility index (Phi) is 4.58. The molecular weight excluding hydrogens is 324 g/mol. The molecule has 1 N–H and O–H groups in total. The van der Waals surface area contributed by atoms with Gasteiger partial charge >= 0.3 is 5.97 Å². The fraction of sp³-hybridized carbons (Fsp3) is 0.500. The van der Waals surface area contributed by atoms with E-state index >= 15 is 0 Å². The van der Waals surface area contributed by atoms with Crippen LogP contribution in [0.25, 0.3) is 10.9 Å². The Balaban J connectivity index is 2.16. The molecule has 1 heterocycles. The molecule has 1 fully saturated rings. The Morgan fingerprint density at radius 3 is 2.79 bits per heavy atom. The maximum atomic E-state index is 13.0. The van der Waals surface area contributed by atoms with Crippen LogP contribution in [0.15, 0.2) is 23.0 Å². The Morgan fingerprint density at radius 2 is 2.08 bits per heavy atom. The van der Waals surface area contributed by atoms with Crippen molar-refractivity contribution >= 4 is 29.1 Å². The molecule has 0 spiro atoms. The quantitative estimate of drug-likeness (QED) is 0.663. The third-order valence-electron chi connectivity index (χ3n) is 5.35. The van der Waals surface area contributed by atoms with Crippen molar-refractivity contribution in [2.75, 3.05) is 7.11 Å². The van der Waals surface area contributed by atoms with Gasteiger partial charge in [-0.15, -0.1) is 0 Å². The molecule has 24 heavy (non-hydrogen) atoms. The average Bonchev–Trinajstić information content (AvgIpc) is 2.57. The number of aromatic nitrogens is 2. The van der Waals surface area contributed by atoms with Crippen molar-refractivity contribution in [1.29, 1.82) is 0 Å². The smallest absolute Gasteiger partial charge is 0.337 e. The number of methoxy groups -OCH3 is 1. The lowest BCUT2D eigenvalue weighted by Crippen LogP contribution is -2.34. The summed E-state index contributed by atoms with van der Waals surface area (Å²) in [5.41, 5.74) is 0.879. The molecule has 1 aliphatic rings. The Hall–Kier alpha value is -1.95. The molecule has 0 saturated heterocycles. The second-order valence-electron chi connectivity index (χ2n) is 6.69. The summed E-state index contributed by atoms with van der Waals surface area (Å²) >= 11 is 5.47. The van der Waals surface area contributed by atoms with Crippen LogP contribution in [0.3, 0.4) is 0 Å². The summed E-state index contributed by atoms with van der Waals surface area (Å²) < 4.78 is 6.88. The summed E-state index contributed by atoms with van der Waals surface area (Å²) in [5, 5.41) is 0.543. The van der Waals surface area contributed by atoms with Crippen molar-refractivity contribution in [2.45, 2.75) is 39.2 Å². The van der Waals surface area contributed by atoms with Gasteiger partial charge in [-0.25, -0.2) is 4.79 Å². The molecule has 0 unspecified atom stereocenters. The molecule has 1 aromatic carbocycles. The van der Waals surface area contributed by atoms with E-state index < -0.39 is 5.97 Å². The molecule has 5 nitrogen and oxygen atoms in total. The second-order valence-corrected chi connectivity index (χ2v) is 7.08. The minimum Gasteiger partial charge on any atom is -0.465 e. The van der Waals surface area contributed by atoms with Crippen molar-refractivity contribution in [1.82, 2.24) is 9.55 Å². The normalized spacial score (nSPS) is 24.0. The highest BCUT2D eigenvalue weighted by Crippen LogP contribution is 2.37. The van der Waals surface area contributed by atoms with E-state index in [4.69, 9.17) is 17.0 Å². The van der Waals surface area contributed by atoms with Gasteiger partial charge in [-0.3, -0.25) is 9.36 Å². The van der Waals surface area contributed by atoms with Gasteiger partial charge in [0, 0.05) is 6.04 Å². The van der Waals surface area contributed by atoms with Crippen LogP contribution in [0, 0.1) is 16.6 Å². The lowest BCUT2D eigenvalue weighted by atomic mass is 9.78. The van der Waals surface area contributed by atoms with Crippen LogP contribution in [0.2, 0.25) is 0 Å². The number of hydrogen-bond acceptors (Lipinski definition) is 4. The maximum Gasteiger partial charge on any atom is 0.337 e. The van der Waals surface area contributed by atoms with Gasteiger partial charge in [0.25, 0.3) is 5.56 Å². The first-order valence-corrected chi connectivity index (χ1v) is 8.71. The van der Waals surface area contributed by atoms with E-state index in [1.165, 1.54) is 13.5 Å². The summed E-state index contributed by atoms with van der Waals surface area (Å²) in [6, 6.07) is 5.02. The summed E-state index contributed by atoms with van der Waals surface area (Å²) in [4.78, 5) is 27.8. The number of hydrogen-bond donors (Lipinski definition) is 1. The molecule has 128 valence electrons. The van der Waals surface area contributed by atoms with Gasteiger partial charge < -0.3 is 9.72 Å². The van der Waals surface area contributed by atoms with Gasteiger partial charge in [-0.05, 0) is 48.7 Å². The fourth-order valence-electron chi connectivity index (χ4n) is 3.70. The van der Waals surface area contributed by atoms with E-state index in [9.17, 15) is 9.59 Å². The van der Waals surface area contributed by atoms with Crippen LogP contribution in [-0.4, -0.2) is 22.6 Å². The van der Waals surface area contributed by atoms with Crippen LogP contribution in [-0.2, 0) is 4.74 Å². The largest absolute Gasteiger partial charge is 0.465 e. The second kappa shape index (κ2) is 6.51. The summed E-state index contributed by atoms with van der Waals surface area (Å²) in [6.07, 6.45) is 3.27. The minimum absolute atomic E-state index is 0.0869. The van der Waals surface area contributed by atoms with Crippen LogP contribution < -0.4 is 5.56 Å². The van der Waals surface area contributed by atoms with Gasteiger partial charge in [0.05, 0.1) is 23.6 Å². The monoisotopic (exact) mass is 346 g/mol. The molecule has 0 bridgehead atoms. The van der Waals surface area contributed by atoms with Crippen LogP contribution >= 0.6 is 12.2 Å². The van der Waals surface area contributed by atoms with Gasteiger partial charge in [0.1, 0.15) is 0 Å². The van der Waals surface area contributed by atoms with Crippen molar-refractivity contribution < 1.29 is 9.53 Å². The van der Waals surface area contributed by atoms with E-state index in [1.54, 1.807) is 22.8 Å². The van der Waals surface area contributed by atoms with E-state index in [0.717, 1.165) is 12.8 Å². The molecule has 1 saturated carbocycles. The third-order valence-corrected chi connectivity index (χ3v) is 5.64. The van der Waals surface area contributed by atoms with Crippen LogP contribution in [0.5, 0.6) is 0 Å². The van der Waals surface area contributed by atoms with Crippen molar-refractivity contribution in [3.8, 4) is 0 Å². The van der Waals surface area contributed by atoms with E-state index in [-0.39, 0.29) is 11.6 Å². The van der Waals surface area contributed by atoms with Gasteiger partial charge in [-0.2, -0.15) is 0 Å². The summed E-state index contributed by atoms with van der Waals surface area (Å²) in [5.74, 6) is 0.538. The summed E-state index contributed by atoms with van der Waals surface area (Å²) in [6.45, 7) is 4.43. The zero-order chi connectivity index (χ0) is 17.4. The highest BCUT2D eigenvalue weighted by atomic mass is 32.1. The highest BCUT2D eigenvalue weighted by molar-refractivity contribution is 7.71. The first-order chi connectivity index (χ1) is 11.4. The number of aromatic amines is 1. The van der Waals surface area contributed by atoms with Gasteiger partial charge in [-0.1, -0.05) is 26.7 Å². The predicted octanol–water partition coefficient (Wildman–Crippen LogP) is 3.84. The minimum atomic E-state index is -0.435. The van der Waals surface area contributed by atoms with Gasteiger partial charge in [0.2, 0.25) is 0 Å². The number of benzene rings is 1. The molecule has 0 aliphatic heterocycles. The van der Waals surface area contributed by atoms with E-state index in [2.05, 4.69) is 18.8 Å². The van der Waals surface area contributed by atoms with Gasteiger partial charge in [0.15, 0.2) is 4.77 Å². The summed E-state index contributed by atoms with van der Waals surface area (Å²) in [7, 11) is 1.33. The Labute approximate surface area is 145 Å². The first-order valence-electron chi connectivity index (χ1n) is 8.31. The number of nitrogens with zero attached hydrogens (tertiary/aromatic N) is 1. The predicted molar refractivity (Wildman–Crippen MR) is 95.9 cm³/mol. The van der Waals surface area contributed by atoms with Crippen LogP contribution in [0.4, 0.5) is 0 Å². The highest BCUT2D eigenvalue weighted by Gasteiger charge is 2.30. The Bertz CT molecular complexity index is 899. The zero-order valence-corrected chi connectivity index (χ0v) is 15.0. The molecule has 3 rings (SSSR count). The van der Waals surface area contributed by atoms with Crippen LogP contribution in [0.1, 0.15) is 49.5 Å². The number of carbonyl (C=O) groups is 1. The zero-order valence-electron chi connectivity index (χ0n) is 14.2. The number of ether oxygens (including phenoxy) is 1. The van der Waals surface area contributed by atoms with E-state index in [1.807, 2.05) is 0 Å². The topological polar surface area (TPSA) is 64.1 Å². The molecule has 0 amide bonds. The number of carbonyl (C=O) groups excluding carboxylic acids is 1. The standard InChI is InChI=1S/C18H22N2O3S/c1-10-5-4-6-15(11(10)2)20-16(21)13-8-7-12(17(22)23-3)9-14(13)19-18(20)24/h7-11,15H,4-6H2,1-3H3,(H,19,24)/t10-,11-,15-/m1/s1. The van der Waals surface area contributed by atoms with Crippen molar-refractivity contribution in [2.24, 2.45) is 11.8 Å². The first kappa shape index (κ1) is 16.9. The fourth-order valence-corrected chi connectivity index (χ4v) is 4.02. The number of H-pyrrole nitrogens is 1. The molecule has 6 heteroatoms.